The highest BCUT2D eigenvalue weighted by atomic mass is 16.5. The number of rotatable bonds is 2. The Morgan fingerprint density at radius 3 is 2.21 bits per heavy atom. The molecule has 2 heteroatoms. The first-order chi connectivity index (χ1) is 6.65. The van der Waals surface area contributed by atoms with Crippen LogP contribution in [0.4, 0.5) is 0 Å². The van der Waals surface area contributed by atoms with Gasteiger partial charge in [0, 0.05) is 5.69 Å². The molecule has 80 valence electrons. The summed E-state index contributed by atoms with van der Waals surface area (Å²) in [5.41, 5.74) is 2.27. The van der Waals surface area contributed by atoms with Gasteiger partial charge in [-0.1, -0.05) is 27.7 Å². The van der Waals surface area contributed by atoms with E-state index in [1.165, 1.54) is 0 Å². The Morgan fingerprint density at radius 2 is 1.86 bits per heavy atom. The molecular formula is C12H21NO. The Morgan fingerprint density at radius 1 is 1.29 bits per heavy atom. The Labute approximate surface area is 87.3 Å². The van der Waals surface area contributed by atoms with E-state index in [-0.39, 0.29) is 0 Å². The van der Waals surface area contributed by atoms with Crippen LogP contribution >= 0.6 is 0 Å². The van der Waals surface area contributed by atoms with E-state index in [4.69, 9.17) is 4.74 Å². The van der Waals surface area contributed by atoms with Crippen molar-refractivity contribution >= 4 is 0 Å². The first-order valence-electron chi connectivity index (χ1n) is 5.15. The van der Waals surface area contributed by atoms with E-state index in [9.17, 15) is 0 Å². The van der Waals surface area contributed by atoms with E-state index in [2.05, 4.69) is 24.9 Å². The molecule has 0 fully saturated rings. The van der Waals surface area contributed by atoms with E-state index in [1.807, 2.05) is 20.8 Å². The van der Waals surface area contributed by atoms with Gasteiger partial charge < -0.3 is 4.74 Å². The van der Waals surface area contributed by atoms with E-state index in [0.29, 0.717) is 5.92 Å². The summed E-state index contributed by atoms with van der Waals surface area (Å²) >= 11 is 0. The lowest BCUT2D eigenvalue weighted by atomic mass is 10.1. The molecule has 14 heavy (non-hydrogen) atoms. The number of aryl methyl sites for hydroxylation is 1. The monoisotopic (exact) mass is 195 g/mol. The van der Waals surface area contributed by atoms with Gasteiger partial charge >= 0.3 is 0 Å². The number of methoxy groups -OCH3 is 1. The molecule has 0 atom stereocenters. The van der Waals surface area contributed by atoms with Crippen LogP contribution in [0, 0.1) is 6.92 Å². The van der Waals surface area contributed by atoms with Crippen LogP contribution in [-0.2, 0) is 0 Å². The Kier molecular flexibility index (Phi) is 5.93. The summed E-state index contributed by atoms with van der Waals surface area (Å²) in [6.07, 6.45) is 1.78. The quantitative estimate of drug-likeness (QED) is 0.720. The highest BCUT2D eigenvalue weighted by Gasteiger charge is 2.03. The fourth-order valence-corrected chi connectivity index (χ4v) is 1.09. The van der Waals surface area contributed by atoms with Crippen molar-refractivity contribution in [1.82, 2.24) is 4.98 Å². The van der Waals surface area contributed by atoms with Gasteiger partial charge in [0.15, 0.2) is 0 Å². The van der Waals surface area contributed by atoms with Gasteiger partial charge in [-0.2, -0.15) is 0 Å². The molecule has 0 aliphatic heterocycles. The van der Waals surface area contributed by atoms with Crippen molar-refractivity contribution in [3.05, 3.63) is 23.5 Å². The van der Waals surface area contributed by atoms with Crippen LogP contribution in [0.15, 0.2) is 12.3 Å². The lowest BCUT2D eigenvalue weighted by Gasteiger charge is -2.08. The normalized spacial score (nSPS) is 9.36. The number of ether oxygens (including phenoxy) is 1. The standard InChI is InChI=1S/C10H15NO.C2H6/c1-7(2)9-5-8(3)10(12-4)6-11-9;1-2/h5-7H,1-4H3;1-2H3. The maximum absolute atomic E-state index is 5.12. The molecule has 0 aliphatic rings. The lowest BCUT2D eigenvalue weighted by molar-refractivity contribution is 0.409. The highest BCUT2D eigenvalue weighted by Crippen LogP contribution is 2.19. The predicted octanol–water partition coefficient (Wildman–Crippen LogP) is 3.55. The Hall–Kier alpha value is -1.05. The molecule has 0 saturated carbocycles. The predicted molar refractivity (Wildman–Crippen MR) is 61.0 cm³/mol. The lowest BCUT2D eigenvalue weighted by Crippen LogP contribution is -1.95. The molecule has 1 aromatic heterocycles. The Bertz CT molecular complexity index is 269. The van der Waals surface area contributed by atoms with Crippen LogP contribution in [0.25, 0.3) is 0 Å². The molecule has 0 spiro atoms. The molecule has 1 heterocycles. The van der Waals surface area contributed by atoms with Crippen LogP contribution in [0.2, 0.25) is 0 Å². The van der Waals surface area contributed by atoms with Crippen LogP contribution in [0.1, 0.15) is 44.9 Å². The van der Waals surface area contributed by atoms with Crippen LogP contribution in [0.3, 0.4) is 0 Å². The van der Waals surface area contributed by atoms with E-state index in [0.717, 1.165) is 17.0 Å². The van der Waals surface area contributed by atoms with Crippen LogP contribution < -0.4 is 4.74 Å². The number of hydrogen-bond donors (Lipinski definition) is 0. The third-order valence-electron chi connectivity index (χ3n) is 1.90. The third-order valence-corrected chi connectivity index (χ3v) is 1.90. The number of hydrogen-bond acceptors (Lipinski definition) is 2. The molecule has 1 rings (SSSR count). The SMILES string of the molecule is CC.COc1cnc(C(C)C)cc1C. The molecule has 2 nitrogen and oxygen atoms in total. The first-order valence-corrected chi connectivity index (χ1v) is 5.15. The minimum atomic E-state index is 0.481. The zero-order valence-electron chi connectivity index (χ0n) is 10.1. The zero-order valence-corrected chi connectivity index (χ0v) is 10.1. The molecule has 0 unspecified atom stereocenters. The molecule has 0 N–H and O–H groups in total. The fraction of sp³-hybridized carbons (Fsp3) is 0.583. The van der Waals surface area contributed by atoms with Gasteiger partial charge in [-0.15, -0.1) is 0 Å². The summed E-state index contributed by atoms with van der Waals surface area (Å²) in [7, 11) is 1.67. The summed E-state index contributed by atoms with van der Waals surface area (Å²) in [5, 5.41) is 0. The van der Waals surface area contributed by atoms with Gasteiger partial charge in [0.1, 0.15) is 5.75 Å². The number of nitrogens with zero attached hydrogens (tertiary/aromatic N) is 1. The van der Waals surface area contributed by atoms with E-state index < -0.39 is 0 Å². The fourth-order valence-electron chi connectivity index (χ4n) is 1.09. The smallest absolute Gasteiger partial charge is 0.140 e. The second kappa shape index (κ2) is 6.41. The molecule has 0 amide bonds. The average Bonchev–Trinajstić information content (AvgIpc) is 2.20. The summed E-state index contributed by atoms with van der Waals surface area (Å²) in [6.45, 7) is 10.3. The second-order valence-corrected chi connectivity index (χ2v) is 3.23. The Balaban J connectivity index is 0.000000791. The van der Waals surface area contributed by atoms with Crippen molar-refractivity contribution in [3.63, 3.8) is 0 Å². The van der Waals surface area contributed by atoms with Gasteiger partial charge in [-0.25, -0.2) is 0 Å². The van der Waals surface area contributed by atoms with Crippen LogP contribution in [-0.4, -0.2) is 12.1 Å². The van der Waals surface area contributed by atoms with Crippen molar-refractivity contribution in [2.75, 3.05) is 7.11 Å². The maximum Gasteiger partial charge on any atom is 0.140 e. The van der Waals surface area contributed by atoms with Crippen molar-refractivity contribution < 1.29 is 4.74 Å². The summed E-state index contributed by atoms with van der Waals surface area (Å²) in [5.74, 6) is 1.34. The van der Waals surface area contributed by atoms with E-state index >= 15 is 0 Å². The molecular weight excluding hydrogens is 174 g/mol. The summed E-state index contributed by atoms with van der Waals surface area (Å²) in [6, 6.07) is 2.07. The van der Waals surface area contributed by atoms with Crippen molar-refractivity contribution in [1.29, 1.82) is 0 Å². The summed E-state index contributed by atoms with van der Waals surface area (Å²) < 4.78 is 5.12. The zero-order chi connectivity index (χ0) is 11.1. The molecule has 0 bridgehead atoms. The first kappa shape index (κ1) is 12.9. The molecule has 0 aromatic carbocycles. The van der Waals surface area contributed by atoms with Crippen molar-refractivity contribution in [2.24, 2.45) is 0 Å². The minimum absolute atomic E-state index is 0.481. The van der Waals surface area contributed by atoms with E-state index in [1.54, 1.807) is 13.3 Å². The molecule has 0 radical (unpaired) electrons. The average molecular weight is 195 g/mol. The third kappa shape index (κ3) is 3.36. The minimum Gasteiger partial charge on any atom is -0.495 e. The largest absolute Gasteiger partial charge is 0.495 e. The second-order valence-electron chi connectivity index (χ2n) is 3.23. The van der Waals surface area contributed by atoms with Crippen molar-refractivity contribution in [3.8, 4) is 5.75 Å². The molecule has 1 aromatic rings. The van der Waals surface area contributed by atoms with Gasteiger partial charge in [0.25, 0.3) is 0 Å². The van der Waals surface area contributed by atoms with Gasteiger partial charge in [0.2, 0.25) is 0 Å². The van der Waals surface area contributed by atoms with Gasteiger partial charge in [-0.3, -0.25) is 4.98 Å². The van der Waals surface area contributed by atoms with Crippen LogP contribution in [0.5, 0.6) is 5.75 Å². The highest BCUT2D eigenvalue weighted by molar-refractivity contribution is 5.31. The van der Waals surface area contributed by atoms with Gasteiger partial charge in [-0.05, 0) is 24.5 Å². The van der Waals surface area contributed by atoms with Gasteiger partial charge in [0.05, 0.1) is 13.3 Å². The topological polar surface area (TPSA) is 22.1 Å². The maximum atomic E-state index is 5.12. The molecule has 0 saturated heterocycles. The number of aromatic nitrogens is 1. The number of pyridine rings is 1. The summed E-state index contributed by atoms with van der Waals surface area (Å²) in [4.78, 5) is 4.28. The molecule has 0 aliphatic carbocycles. The van der Waals surface area contributed by atoms with Crippen molar-refractivity contribution in [2.45, 2.75) is 40.5 Å².